The number of carbonyl (C=O) groups is 2. The molecule has 3 aromatic rings. The number of aromatic hydroxyl groups is 3. The van der Waals surface area contributed by atoms with Crippen LogP contribution in [-0.4, -0.2) is 38.0 Å². The largest absolute Gasteiger partial charge is 0.508 e. The minimum absolute atomic E-state index is 0.144. The second-order valence-corrected chi connectivity index (χ2v) is 6.82. The second kappa shape index (κ2) is 9.93. The highest BCUT2D eigenvalue weighted by molar-refractivity contribution is 5.97. The summed E-state index contributed by atoms with van der Waals surface area (Å²) < 4.78 is 57.2. The van der Waals surface area contributed by atoms with E-state index in [4.69, 9.17) is 10.4 Å². The van der Waals surface area contributed by atoms with Gasteiger partial charge in [0.05, 0.1) is 0 Å². The Labute approximate surface area is 192 Å². The number of azide groups is 1. The number of aromatic nitrogens is 1. The zero-order valence-corrected chi connectivity index (χ0v) is 17.1. The Balaban J connectivity index is 1.98. The monoisotopic (exact) mass is 495 g/mol. The molecular weight excluding hydrogens is 482 g/mol. The number of carbonyl (C=O) groups excluding carboxylic acids is 2. The van der Waals surface area contributed by atoms with Gasteiger partial charge in [0.1, 0.15) is 23.0 Å². The van der Waals surface area contributed by atoms with E-state index in [1.54, 1.807) is 0 Å². The molecule has 11 nitrogen and oxygen atoms in total. The summed E-state index contributed by atoms with van der Waals surface area (Å²) in [4.78, 5) is 32.1. The van der Waals surface area contributed by atoms with Crippen molar-refractivity contribution in [3.63, 3.8) is 0 Å². The zero-order valence-electron chi connectivity index (χ0n) is 17.1. The maximum absolute atomic E-state index is 14.4. The van der Waals surface area contributed by atoms with Crippen LogP contribution in [0.1, 0.15) is 15.9 Å². The van der Waals surface area contributed by atoms with E-state index in [9.17, 15) is 42.5 Å². The smallest absolute Gasteiger partial charge is 0.355 e. The third-order valence-electron chi connectivity index (χ3n) is 4.56. The quantitative estimate of drug-likeness (QED) is 0.129. The van der Waals surface area contributed by atoms with Gasteiger partial charge in [-0.1, -0.05) is 17.2 Å². The number of amides is 1. The standard InChI is InChI=1S/C20H13F4N5O6/c21-14-13(15(22)17(24)18(16(14)23)27-28-25)19(33)26-10(7-8-1-3-9(30)4-2-8)20(34)35-29-11(31)5-6-12(29)32/h1-6,10,30-32H,7H2,(H,26,33)/t10-/m0/s1. The summed E-state index contributed by atoms with van der Waals surface area (Å²) in [5, 5.41) is 33.1. The maximum atomic E-state index is 14.4. The van der Waals surface area contributed by atoms with Gasteiger partial charge in [0.25, 0.3) is 5.91 Å². The number of nitrogens with one attached hydrogen (secondary N) is 1. The topological polar surface area (TPSA) is 170 Å². The van der Waals surface area contributed by atoms with Crippen molar-refractivity contribution in [2.45, 2.75) is 12.5 Å². The van der Waals surface area contributed by atoms with Crippen LogP contribution >= 0.6 is 0 Å². The summed E-state index contributed by atoms with van der Waals surface area (Å²) in [5.41, 5.74) is 5.19. The van der Waals surface area contributed by atoms with Gasteiger partial charge in [0.15, 0.2) is 23.3 Å². The van der Waals surface area contributed by atoms with Gasteiger partial charge in [-0.15, -0.1) is 4.73 Å². The highest BCUT2D eigenvalue weighted by Gasteiger charge is 2.32. The lowest BCUT2D eigenvalue weighted by Gasteiger charge is -2.19. The van der Waals surface area contributed by atoms with Gasteiger partial charge in [-0.05, 0) is 23.2 Å². The number of nitrogens with zero attached hydrogens (tertiary/aromatic N) is 4. The normalized spacial score (nSPS) is 11.4. The molecule has 3 rings (SSSR count). The van der Waals surface area contributed by atoms with Crippen molar-refractivity contribution in [1.82, 2.24) is 10.0 Å². The molecule has 1 amide bonds. The molecule has 1 heterocycles. The molecule has 0 aliphatic heterocycles. The average Bonchev–Trinajstić information content (AvgIpc) is 3.13. The summed E-state index contributed by atoms with van der Waals surface area (Å²) in [6, 6.07) is 5.21. The lowest BCUT2D eigenvalue weighted by molar-refractivity contribution is -0.147. The van der Waals surface area contributed by atoms with Crippen LogP contribution in [0.4, 0.5) is 23.2 Å². The fraction of sp³-hybridized carbons (Fsp3) is 0.100. The summed E-state index contributed by atoms with van der Waals surface area (Å²) in [6.07, 6.45) is -0.432. The second-order valence-electron chi connectivity index (χ2n) is 6.82. The van der Waals surface area contributed by atoms with Crippen LogP contribution < -0.4 is 10.2 Å². The predicted molar refractivity (Wildman–Crippen MR) is 107 cm³/mol. The number of hydrogen-bond acceptors (Lipinski definition) is 7. The van der Waals surface area contributed by atoms with Gasteiger partial charge in [0.2, 0.25) is 11.8 Å². The zero-order chi connectivity index (χ0) is 25.9. The number of benzene rings is 2. The highest BCUT2D eigenvalue weighted by Crippen LogP contribution is 2.30. The first kappa shape index (κ1) is 24.7. The number of rotatable bonds is 7. The molecule has 1 aromatic heterocycles. The number of phenols is 1. The first-order valence-corrected chi connectivity index (χ1v) is 9.36. The molecule has 4 N–H and O–H groups in total. The van der Waals surface area contributed by atoms with Gasteiger partial charge in [-0.3, -0.25) is 4.79 Å². The molecule has 0 unspecified atom stereocenters. The SMILES string of the molecule is [N-]=[N+]=Nc1c(F)c(F)c(C(=O)N[C@@H](Cc2ccc(O)cc2)C(=O)On2c(O)ccc2O)c(F)c1F. The Bertz CT molecular complexity index is 1310. The average molecular weight is 495 g/mol. The van der Waals surface area contributed by atoms with E-state index in [0.29, 0.717) is 0 Å². The van der Waals surface area contributed by atoms with E-state index in [1.165, 1.54) is 24.3 Å². The molecular formula is C20H13F4N5O6. The molecule has 0 spiro atoms. The van der Waals surface area contributed by atoms with Crippen LogP contribution in [0.3, 0.4) is 0 Å². The van der Waals surface area contributed by atoms with Gasteiger partial charge in [0, 0.05) is 23.5 Å². The van der Waals surface area contributed by atoms with Crippen LogP contribution in [0.5, 0.6) is 17.5 Å². The molecule has 15 heteroatoms. The van der Waals surface area contributed by atoms with Crippen LogP contribution in [0.15, 0.2) is 41.5 Å². The molecule has 182 valence electrons. The Morgan fingerprint density at radius 2 is 1.51 bits per heavy atom. The van der Waals surface area contributed by atoms with E-state index in [0.717, 1.165) is 12.1 Å². The fourth-order valence-electron chi connectivity index (χ4n) is 2.89. The third kappa shape index (κ3) is 5.04. The maximum Gasteiger partial charge on any atom is 0.355 e. The minimum Gasteiger partial charge on any atom is -0.508 e. The first-order valence-electron chi connectivity index (χ1n) is 9.36. The van der Waals surface area contributed by atoms with Crippen LogP contribution in [0.25, 0.3) is 10.4 Å². The highest BCUT2D eigenvalue weighted by atomic mass is 19.2. The molecule has 0 saturated carbocycles. The lowest BCUT2D eigenvalue weighted by Crippen LogP contribution is -2.46. The summed E-state index contributed by atoms with van der Waals surface area (Å²) in [6.45, 7) is 0. The lowest BCUT2D eigenvalue weighted by atomic mass is 10.0. The summed E-state index contributed by atoms with van der Waals surface area (Å²) >= 11 is 0. The molecule has 0 aliphatic carbocycles. The van der Waals surface area contributed by atoms with Crippen molar-refractivity contribution >= 4 is 17.6 Å². The fourth-order valence-corrected chi connectivity index (χ4v) is 2.89. The summed E-state index contributed by atoms with van der Waals surface area (Å²) in [7, 11) is 0. The van der Waals surface area contributed by atoms with Crippen LogP contribution in [-0.2, 0) is 11.2 Å². The Morgan fingerprint density at radius 1 is 0.971 bits per heavy atom. The van der Waals surface area contributed by atoms with E-state index in [2.05, 4.69) is 5.11 Å². The summed E-state index contributed by atoms with van der Waals surface area (Å²) in [5.74, 6) is -13.4. The number of halogens is 4. The van der Waals surface area contributed by atoms with Crippen molar-refractivity contribution in [2.24, 2.45) is 5.11 Å². The molecule has 0 bridgehead atoms. The van der Waals surface area contributed by atoms with Crippen molar-refractivity contribution < 1.29 is 47.3 Å². The van der Waals surface area contributed by atoms with E-state index in [-0.39, 0.29) is 16.0 Å². The van der Waals surface area contributed by atoms with Gasteiger partial charge >= 0.3 is 5.97 Å². The van der Waals surface area contributed by atoms with Gasteiger partial charge in [-0.2, -0.15) is 0 Å². The molecule has 0 aliphatic rings. The number of phenolic OH excluding ortho intramolecular Hbond substituents is 1. The number of hydrogen-bond donors (Lipinski definition) is 4. The molecule has 35 heavy (non-hydrogen) atoms. The van der Waals surface area contributed by atoms with E-state index < -0.39 is 70.6 Å². The van der Waals surface area contributed by atoms with E-state index >= 15 is 0 Å². The van der Waals surface area contributed by atoms with E-state index in [1.807, 2.05) is 10.2 Å². The molecule has 0 saturated heterocycles. The van der Waals surface area contributed by atoms with Gasteiger partial charge in [-0.25, -0.2) is 22.4 Å². The Morgan fingerprint density at radius 3 is 2.03 bits per heavy atom. The Kier molecular flexibility index (Phi) is 7.01. The van der Waals surface area contributed by atoms with Crippen molar-refractivity contribution in [1.29, 1.82) is 0 Å². The minimum atomic E-state index is -2.19. The van der Waals surface area contributed by atoms with Crippen molar-refractivity contribution in [3.05, 3.63) is 81.2 Å². The molecule has 0 fully saturated rings. The van der Waals surface area contributed by atoms with Crippen LogP contribution in [0, 0.1) is 23.3 Å². The van der Waals surface area contributed by atoms with Crippen molar-refractivity contribution in [2.75, 3.05) is 0 Å². The van der Waals surface area contributed by atoms with Crippen molar-refractivity contribution in [3.8, 4) is 17.5 Å². The van der Waals surface area contributed by atoms with Crippen LogP contribution in [0.2, 0.25) is 0 Å². The molecule has 0 radical (unpaired) electrons. The Hall–Kier alpha value is -4.91. The third-order valence-corrected chi connectivity index (χ3v) is 4.56. The molecule has 1 atom stereocenters. The first-order chi connectivity index (χ1) is 16.5. The molecule has 2 aromatic carbocycles. The van der Waals surface area contributed by atoms with Gasteiger partial charge < -0.3 is 25.5 Å². The predicted octanol–water partition coefficient (Wildman–Crippen LogP) is 3.10.